The van der Waals surface area contributed by atoms with Crippen molar-refractivity contribution in [2.45, 2.75) is 32.6 Å². The first-order valence-corrected chi connectivity index (χ1v) is 3.57. The molecule has 0 aromatic carbocycles. The summed E-state index contributed by atoms with van der Waals surface area (Å²) in [5, 5.41) is 0. The van der Waals surface area contributed by atoms with Crippen molar-refractivity contribution in [1.82, 2.24) is 0 Å². The fourth-order valence-corrected chi connectivity index (χ4v) is 1.20. The second-order valence-electron chi connectivity index (χ2n) is 2.41. The van der Waals surface area contributed by atoms with Gasteiger partial charge in [-0.05, 0) is 24.8 Å². The lowest BCUT2D eigenvalue weighted by Gasteiger charge is -1.88. The summed E-state index contributed by atoms with van der Waals surface area (Å²) >= 11 is 0. The highest BCUT2D eigenvalue weighted by Gasteiger charge is 2.15. The molecular formula is C8H12O. The van der Waals surface area contributed by atoms with Crippen molar-refractivity contribution in [2.24, 2.45) is 0 Å². The van der Waals surface area contributed by atoms with Crippen molar-refractivity contribution >= 4 is 5.78 Å². The molecule has 1 aliphatic carbocycles. The minimum Gasteiger partial charge on any atom is -0.295 e. The van der Waals surface area contributed by atoms with Gasteiger partial charge in [-0.2, -0.15) is 0 Å². The summed E-state index contributed by atoms with van der Waals surface area (Å²) in [5.74, 6) is 0.372. The van der Waals surface area contributed by atoms with Gasteiger partial charge in [-0.15, -0.1) is 0 Å². The fraction of sp³-hybridized carbons (Fsp3) is 0.625. The molecule has 1 saturated carbocycles. The van der Waals surface area contributed by atoms with Crippen LogP contribution >= 0.6 is 0 Å². The van der Waals surface area contributed by atoms with E-state index in [0.29, 0.717) is 5.78 Å². The first-order valence-electron chi connectivity index (χ1n) is 3.57. The van der Waals surface area contributed by atoms with Crippen LogP contribution in [0.2, 0.25) is 0 Å². The molecule has 0 amide bonds. The maximum absolute atomic E-state index is 10.9. The Kier molecular flexibility index (Phi) is 2.04. The smallest absolute Gasteiger partial charge is 0.158 e. The predicted molar refractivity (Wildman–Crippen MR) is 37.2 cm³/mol. The number of rotatable bonds is 1. The topological polar surface area (TPSA) is 17.1 Å². The summed E-state index contributed by atoms with van der Waals surface area (Å²) < 4.78 is 0. The van der Waals surface area contributed by atoms with Crippen molar-refractivity contribution in [2.75, 3.05) is 0 Å². The summed E-state index contributed by atoms with van der Waals surface area (Å²) in [7, 11) is 0. The molecule has 1 heteroatoms. The van der Waals surface area contributed by atoms with E-state index in [1.54, 1.807) is 0 Å². The van der Waals surface area contributed by atoms with Crippen molar-refractivity contribution < 1.29 is 4.79 Å². The molecule has 0 aliphatic heterocycles. The molecule has 1 rings (SSSR count). The number of carbonyl (C=O) groups is 1. The number of carbonyl (C=O) groups excluding carboxylic acids is 1. The first-order chi connectivity index (χ1) is 4.34. The highest BCUT2D eigenvalue weighted by atomic mass is 16.1. The Morgan fingerprint density at radius 2 is 2.33 bits per heavy atom. The zero-order valence-corrected chi connectivity index (χ0v) is 5.81. The Labute approximate surface area is 55.8 Å². The van der Waals surface area contributed by atoms with Crippen LogP contribution in [0.25, 0.3) is 0 Å². The molecule has 1 aliphatic rings. The summed E-state index contributed by atoms with van der Waals surface area (Å²) in [6, 6.07) is 0. The van der Waals surface area contributed by atoms with Crippen molar-refractivity contribution in [3.05, 3.63) is 11.6 Å². The van der Waals surface area contributed by atoms with Gasteiger partial charge in [-0.3, -0.25) is 4.79 Å². The number of hydrogen-bond donors (Lipinski definition) is 0. The Morgan fingerprint density at radius 3 is 2.78 bits per heavy atom. The molecule has 0 unspecified atom stereocenters. The van der Waals surface area contributed by atoms with Gasteiger partial charge in [0.05, 0.1) is 0 Å². The molecule has 50 valence electrons. The van der Waals surface area contributed by atoms with Crippen LogP contribution in [0.15, 0.2) is 11.6 Å². The van der Waals surface area contributed by atoms with Gasteiger partial charge in [0.1, 0.15) is 0 Å². The summed E-state index contributed by atoms with van der Waals surface area (Å²) in [6.07, 6.45) is 5.93. The molecule has 0 atom stereocenters. The third-order valence-electron chi connectivity index (χ3n) is 1.66. The molecule has 1 fully saturated rings. The molecule has 1 nitrogen and oxygen atoms in total. The summed E-state index contributed by atoms with van der Waals surface area (Å²) in [6.45, 7) is 2.07. The van der Waals surface area contributed by atoms with E-state index in [-0.39, 0.29) is 0 Å². The van der Waals surface area contributed by atoms with Crippen molar-refractivity contribution in [3.8, 4) is 0 Å². The third kappa shape index (κ3) is 1.41. The summed E-state index contributed by atoms with van der Waals surface area (Å²) in [4.78, 5) is 10.9. The van der Waals surface area contributed by atoms with E-state index in [9.17, 15) is 4.79 Å². The monoisotopic (exact) mass is 124 g/mol. The van der Waals surface area contributed by atoms with Crippen molar-refractivity contribution in [1.29, 1.82) is 0 Å². The molecule has 0 spiro atoms. The molecule has 0 heterocycles. The number of allylic oxidation sites excluding steroid dienone is 2. The Hall–Kier alpha value is -0.590. The molecule has 0 bridgehead atoms. The average molecular weight is 124 g/mol. The Bertz CT molecular complexity index is 145. The molecule has 0 radical (unpaired) electrons. The average Bonchev–Trinajstić information content (AvgIpc) is 2.18. The van der Waals surface area contributed by atoms with Crippen LogP contribution in [-0.4, -0.2) is 5.78 Å². The highest BCUT2D eigenvalue weighted by molar-refractivity contribution is 5.97. The maximum atomic E-state index is 10.9. The van der Waals surface area contributed by atoms with E-state index >= 15 is 0 Å². The van der Waals surface area contributed by atoms with Gasteiger partial charge in [0, 0.05) is 6.42 Å². The minimum absolute atomic E-state index is 0.372. The first kappa shape index (κ1) is 6.53. The SMILES string of the molecule is CCC=C1CCCC1=O. The standard InChI is InChI=1S/C8H12O/c1-2-4-7-5-3-6-8(7)9/h4H,2-3,5-6H2,1H3. The lowest BCUT2D eigenvalue weighted by molar-refractivity contribution is -0.114. The van der Waals surface area contributed by atoms with E-state index < -0.39 is 0 Å². The quantitative estimate of drug-likeness (QED) is 0.489. The Balaban J connectivity index is 2.59. The van der Waals surface area contributed by atoms with E-state index in [4.69, 9.17) is 0 Å². The fourth-order valence-electron chi connectivity index (χ4n) is 1.20. The molecule has 0 aromatic heterocycles. The van der Waals surface area contributed by atoms with Gasteiger partial charge in [-0.1, -0.05) is 13.0 Å². The molecule has 0 saturated heterocycles. The normalized spacial score (nSPS) is 23.7. The van der Waals surface area contributed by atoms with E-state index in [1.165, 1.54) is 0 Å². The lowest BCUT2D eigenvalue weighted by atomic mass is 10.2. The van der Waals surface area contributed by atoms with Crippen LogP contribution in [0.1, 0.15) is 32.6 Å². The third-order valence-corrected chi connectivity index (χ3v) is 1.66. The maximum Gasteiger partial charge on any atom is 0.158 e. The van der Waals surface area contributed by atoms with Crippen LogP contribution in [0, 0.1) is 0 Å². The van der Waals surface area contributed by atoms with E-state index in [1.807, 2.05) is 0 Å². The van der Waals surface area contributed by atoms with E-state index in [2.05, 4.69) is 13.0 Å². The van der Waals surface area contributed by atoms with Crippen LogP contribution < -0.4 is 0 Å². The van der Waals surface area contributed by atoms with Gasteiger partial charge >= 0.3 is 0 Å². The highest BCUT2D eigenvalue weighted by Crippen LogP contribution is 2.20. The second-order valence-corrected chi connectivity index (χ2v) is 2.41. The number of hydrogen-bond acceptors (Lipinski definition) is 1. The predicted octanol–water partition coefficient (Wildman–Crippen LogP) is 2.08. The van der Waals surface area contributed by atoms with Crippen LogP contribution in [-0.2, 0) is 4.79 Å². The molecule has 9 heavy (non-hydrogen) atoms. The number of ketones is 1. The van der Waals surface area contributed by atoms with Gasteiger partial charge in [-0.25, -0.2) is 0 Å². The van der Waals surface area contributed by atoms with Gasteiger partial charge < -0.3 is 0 Å². The molecular weight excluding hydrogens is 112 g/mol. The Morgan fingerprint density at radius 1 is 1.56 bits per heavy atom. The van der Waals surface area contributed by atoms with Crippen LogP contribution in [0.4, 0.5) is 0 Å². The zero-order chi connectivity index (χ0) is 6.69. The van der Waals surface area contributed by atoms with Gasteiger partial charge in [0.15, 0.2) is 5.78 Å². The summed E-state index contributed by atoms with van der Waals surface area (Å²) in [5.41, 5.74) is 1.07. The molecule has 0 aromatic rings. The van der Waals surface area contributed by atoms with Gasteiger partial charge in [0.2, 0.25) is 0 Å². The largest absolute Gasteiger partial charge is 0.295 e. The second kappa shape index (κ2) is 2.81. The van der Waals surface area contributed by atoms with Crippen LogP contribution in [0.3, 0.4) is 0 Å². The van der Waals surface area contributed by atoms with E-state index in [0.717, 1.165) is 31.3 Å². The van der Waals surface area contributed by atoms with Crippen LogP contribution in [0.5, 0.6) is 0 Å². The zero-order valence-electron chi connectivity index (χ0n) is 5.81. The lowest BCUT2D eigenvalue weighted by Crippen LogP contribution is -1.89. The van der Waals surface area contributed by atoms with Crippen molar-refractivity contribution in [3.63, 3.8) is 0 Å². The molecule has 0 N–H and O–H groups in total. The minimum atomic E-state index is 0.372. The van der Waals surface area contributed by atoms with Gasteiger partial charge in [0.25, 0.3) is 0 Å². The number of Topliss-reactive ketones (excluding diaryl/α,β-unsaturated/α-hetero) is 1.